The molecule has 7 rings (SSSR count). The number of aromatic nitrogens is 4. The molecule has 1 fully saturated rings. The lowest BCUT2D eigenvalue weighted by Crippen LogP contribution is -2.51. The number of benzene rings is 2. The first-order valence-electron chi connectivity index (χ1n) is 14.5. The Hall–Kier alpha value is -4.65. The Bertz CT molecular complexity index is 1990. The minimum absolute atomic E-state index is 0.0626. The molecule has 2 N–H and O–H groups in total. The fourth-order valence-electron chi connectivity index (χ4n) is 5.69. The van der Waals surface area contributed by atoms with E-state index >= 15 is 0 Å². The van der Waals surface area contributed by atoms with Crippen molar-refractivity contribution in [2.75, 3.05) is 20.3 Å². The van der Waals surface area contributed by atoms with Crippen LogP contribution in [0.25, 0.3) is 33.3 Å². The third-order valence-electron chi connectivity index (χ3n) is 8.44. The third-order valence-corrected chi connectivity index (χ3v) is 8.44. The minimum Gasteiger partial charge on any atom is -0.494 e. The van der Waals surface area contributed by atoms with Crippen LogP contribution in [-0.2, 0) is 11.0 Å². The number of rotatable bonds is 7. The quantitative estimate of drug-likeness (QED) is 0.236. The number of alkyl halides is 3. The number of hydrogen-bond acceptors (Lipinski definition) is 8. The summed E-state index contributed by atoms with van der Waals surface area (Å²) in [5.74, 6) is 0.245. The summed E-state index contributed by atoms with van der Waals surface area (Å²) in [6, 6.07) is 9.41. The lowest BCUT2D eigenvalue weighted by molar-refractivity contribution is -0.265. The zero-order valence-electron chi connectivity index (χ0n) is 25.0. The highest BCUT2D eigenvalue weighted by molar-refractivity contribution is 6.00. The molecule has 1 saturated carbocycles. The number of aryl methyl sites for hydroxylation is 1. The van der Waals surface area contributed by atoms with Gasteiger partial charge in [-0.25, -0.2) is 9.97 Å². The second kappa shape index (κ2) is 9.93. The standard InChI is InChI=1S/C32H30F3N5O5/c1-16-37-22-10-17(5-8-23(22)45-16)27-28-21(30(2,3)15-44-28)12-25(38-27)31(42,32(33,34)35)14-36-29(41)18-9-19-13-40(20-6-7-20)39-26(19)24(11-18)43-4/h5,8-13,20,42H,6-7,14-15H2,1-4H3,(H,36,41)/t31-/m0/s1. The maximum absolute atomic E-state index is 14.8. The van der Waals surface area contributed by atoms with Crippen molar-refractivity contribution in [3.63, 3.8) is 0 Å². The zero-order valence-corrected chi connectivity index (χ0v) is 25.0. The first-order valence-corrected chi connectivity index (χ1v) is 14.5. The normalized spacial score (nSPS) is 17.2. The molecule has 4 heterocycles. The van der Waals surface area contributed by atoms with Crippen LogP contribution in [0.3, 0.4) is 0 Å². The van der Waals surface area contributed by atoms with E-state index < -0.39 is 35.3 Å². The Morgan fingerprint density at radius 1 is 1.18 bits per heavy atom. The number of nitrogens with one attached hydrogen (secondary N) is 1. The summed E-state index contributed by atoms with van der Waals surface area (Å²) in [7, 11) is 1.43. The second-order valence-corrected chi connectivity index (χ2v) is 12.3. The van der Waals surface area contributed by atoms with Crippen molar-refractivity contribution in [1.82, 2.24) is 25.1 Å². The van der Waals surface area contributed by atoms with E-state index in [9.17, 15) is 23.1 Å². The predicted octanol–water partition coefficient (Wildman–Crippen LogP) is 5.74. The van der Waals surface area contributed by atoms with E-state index in [1.165, 1.54) is 19.2 Å². The van der Waals surface area contributed by atoms with Crippen molar-refractivity contribution < 1.29 is 37.0 Å². The molecule has 5 aromatic rings. The van der Waals surface area contributed by atoms with Crippen LogP contribution < -0.4 is 14.8 Å². The van der Waals surface area contributed by atoms with Gasteiger partial charge in [-0.3, -0.25) is 9.48 Å². The van der Waals surface area contributed by atoms with Gasteiger partial charge >= 0.3 is 6.18 Å². The van der Waals surface area contributed by atoms with Gasteiger partial charge in [0, 0.05) is 40.6 Å². The molecule has 3 aromatic heterocycles. The molecule has 0 radical (unpaired) electrons. The highest BCUT2D eigenvalue weighted by atomic mass is 19.4. The van der Waals surface area contributed by atoms with Crippen LogP contribution in [0.1, 0.15) is 60.2 Å². The van der Waals surface area contributed by atoms with Crippen molar-refractivity contribution in [3.05, 3.63) is 65.3 Å². The molecular formula is C32H30F3N5O5. The van der Waals surface area contributed by atoms with Gasteiger partial charge in [-0.1, -0.05) is 13.8 Å². The lowest BCUT2D eigenvalue weighted by Gasteiger charge is -2.31. The topological polar surface area (TPSA) is 125 Å². The summed E-state index contributed by atoms with van der Waals surface area (Å²) in [4.78, 5) is 22.0. The number of aliphatic hydroxyl groups is 1. The van der Waals surface area contributed by atoms with Gasteiger partial charge in [0.05, 0.1) is 32.0 Å². The van der Waals surface area contributed by atoms with Crippen molar-refractivity contribution in [2.45, 2.75) is 56.8 Å². The monoisotopic (exact) mass is 621 g/mol. The van der Waals surface area contributed by atoms with E-state index in [0.717, 1.165) is 12.8 Å². The van der Waals surface area contributed by atoms with E-state index in [1.54, 1.807) is 42.1 Å². The number of pyridine rings is 1. The van der Waals surface area contributed by atoms with Gasteiger partial charge in [-0.05, 0) is 49.2 Å². The molecule has 1 aliphatic heterocycles. The molecule has 1 amide bonds. The number of nitrogens with zero attached hydrogens (tertiary/aromatic N) is 4. The molecule has 13 heteroatoms. The van der Waals surface area contributed by atoms with Crippen molar-refractivity contribution in [2.24, 2.45) is 0 Å². The van der Waals surface area contributed by atoms with Gasteiger partial charge in [0.1, 0.15) is 28.2 Å². The van der Waals surface area contributed by atoms with Crippen molar-refractivity contribution in [1.29, 1.82) is 0 Å². The summed E-state index contributed by atoms with van der Waals surface area (Å²) < 4.78 is 63.2. The van der Waals surface area contributed by atoms with Gasteiger partial charge in [-0.2, -0.15) is 18.3 Å². The lowest BCUT2D eigenvalue weighted by atomic mass is 9.84. The van der Waals surface area contributed by atoms with Gasteiger partial charge in [0.15, 0.2) is 11.5 Å². The number of amides is 1. The Morgan fingerprint density at radius 2 is 1.96 bits per heavy atom. The predicted molar refractivity (Wildman–Crippen MR) is 157 cm³/mol. The number of hydrogen-bond donors (Lipinski definition) is 2. The number of carbonyl (C=O) groups excluding carboxylic acids is 1. The molecule has 0 spiro atoms. The maximum atomic E-state index is 14.8. The smallest absolute Gasteiger partial charge is 0.424 e. The van der Waals surface area contributed by atoms with E-state index in [4.69, 9.17) is 13.9 Å². The van der Waals surface area contributed by atoms with Crippen molar-refractivity contribution >= 4 is 27.9 Å². The summed E-state index contributed by atoms with van der Waals surface area (Å²) in [5.41, 5.74) is -2.26. The van der Waals surface area contributed by atoms with Gasteiger partial charge in [-0.15, -0.1) is 0 Å². The van der Waals surface area contributed by atoms with Crippen molar-refractivity contribution in [3.8, 4) is 22.8 Å². The summed E-state index contributed by atoms with van der Waals surface area (Å²) >= 11 is 0. The maximum Gasteiger partial charge on any atom is 0.424 e. The molecule has 1 atom stereocenters. The number of carbonyl (C=O) groups is 1. The van der Waals surface area contributed by atoms with Gasteiger partial charge in [0.2, 0.25) is 5.60 Å². The average Bonchev–Trinajstić information content (AvgIpc) is 3.53. The molecule has 234 valence electrons. The third kappa shape index (κ3) is 4.85. The van der Waals surface area contributed by atoms with E-state index in [1.807, 2.05) is 13.8 Å². The molecule has 0 unspecified atom stereocenters. The fraction of sp³-hybridized carbons (Fsp3) is 0.375. The first-order chi connectivity index (χ1) is 21.3. The minimum atomic E-state index is -5.21. The molecule has 0 saturated heterocycles. The molecule has 2 aliphatic rings. The van der Waals surface area contributed by atoms with Crippen LogP contribution in [0, 0.1) is 6.92 Å². The molecular weight excluding hydrogens is 591 g/mol. The van der Waals surface area contributed by atoms with Gasteiger partial charge < -0.3 is 24.3 Å². The van der Waals surface area contributed by atoms with Crippen LogP contribution in [0.4, 0.5) is 13.2 Å². The SMILES string of the molecule is COc1cc(C(=O)NC[C@](O)(c2cc3c(c(-c4ccc5oc(C)nc5c4)n2)OCC3(C)C)C(F)(F)F)cc2cn(C3CC3)nc12. The fourth-order valence-corrected chi connectivity index (χ4v) is 5.69. The highest BCUT2D eigenvalue weighted by Crippen LogP contribution is 2.48. The Balaban J connectivity index is 1.27. The van der Waals surface area contributed by atoms with E-state index in [-0.39, 0.29) is 23.9 Å². The highest BCUT2D eigenvalue weighted by Gasteiger charge is 2.57. The summed E-state index contributed by atoms with van der Waals surface area (Å²) in [5, 5.41) is 18.8. The number of ether oxygens (including phenoxy) is 2. The molecule has 0 bridgehead atoms. The van der Waals surface area contributed by atoms with E-state index in [2.05, 4.69) is 20.4 Å². The Morgan fingerprint density at radius 3 is 2.67 bits per heavy atom. The zero-order chi connectivity index (χ0) is 31.9. The largest absolute Gasteiger partial charge is 0.494 e. The summed E-state index contributed by atoms with van der Waals surface area (Å²) in [6.07, 6.45) is -1.43. The molecule has 2 aromatic carbocycles. The number of methoxy groups -OCH3 is 1. The second-order valence-electron chi connectivity index (χ2n) is 12.3. The van der Waals surface area contributed by atoms with Crippen LogP contribution >= 0.6 is 0 Å². The Labute approximate surface area is 255 Å². The molecule has 45 heavy (non-hydrogen) atoms. The first kappa shape index (κ1) is 29.1. The number of halogens is 3. The number of oxazole rings is 1. The average molecular weight is 622 g/mol. The van der Waals surface area contributed by atoms with Crippen LogP contribution in [0.2, 0.25) is 0 Å². The molecule has 1 aliphatic carbocycles. The van der Waals surface area contributed by atoms with Gasteiger partial charge in [0.25, 0.3) is 5.91 Å². The van der Waals surface area contributed by atoms with E-state index in [0.29, 0.717) is 50.5 Å². The van der Waals surface area contributed by atoms with Crippen LogP contribution in [-0.4, -0.2) is 57.2 Å². The van der Waals surface area contributed by atoms with Crippen LogP contribution in [0.15, 0.2) is 47.0 Å². The summed E-state index contributed by atoms with van der Waals surface area (Å²) in [6.45, 7) is 4.37. The molecule has 10 nitrogen and oxygen atoms in total. The van der Waals surface area contributed by atoms with Crippen LogP contribution in [0.5, 0.6) is 11.5 Å². The Kier molecular flexibility index (Phi) is 6.42. The number of fused-ring (bicyclic) bond motifs is 3.